The largest absolute Gasteiger partial charge is 0.401 e. The van der Waals surface area contributed by atoms with E-state index in [9.17, 15) is 0 Å². The van der Waals surface area contributed by atoms with Crippen molar-refractivity contribution in [2.24, 2.45) is 0 Å². The maximum atomic E-state index is 6.06. The van der Waals surface area contributed by atoms with Crippen molar-refractivity contribution in [1.29, 1.82) is 0 Å². The Hall–Kier alpha value is -2.16. The minimum Gasteiger partial charge on any atom is -0.401 e. The zero-order valence-electron chi connectivity index (χ0n) is 13.4. The second-order valence-corrected chi connectivity index (χ2v) is 5.98. The third-order valence-corrected chi connectivity index (χ3v) is 4.69. The van der Waals surface area contributed by atoms with Crippen LogP contribution in [0.4, 0.5) is 0 Å². The van der Waals surface area contributed by atoms with E-state index in [1.165, 1.54) is 11.1 Å². The fourth-order valence-corrected chi connectivity index (χ4v) is 3.57. The quantitative estimate of drug-likeness (QED) is 0.501. The third kappa shape index (κ3) is 2.65. The smallest absolute Gasteiger partial charge is 0.248 e. The van der Waals surface area contributed by atoms with Gasteiger partial charge in [0.25, 0.3) is 0 Å². The Morgan fingerprint density at radius 3 is 1.52 bits per heavy atom. The summed E-state index contributed by atoms with van der Waals surface area (Å²) < 4.78 is 6.06. The van der Waals surface area contributed by atoms with E-state index in [2.05, 4.69) is 85.0 Å². The molecule has 0 bridgehead atoms. The van der Waals surface area contributed by atoms with E-state index in [1.54, 1.807) is 0 Å². The summed E-state index contributed by atoms with van der Waals surface area (Å²) >= 11 is 0. The molecule has 23 heavy (non-hydrogen) atoms. The Morgan fingerprint density at radius 2 is 1.09 bits per heavy atom. The maximum Gasteiger partial charge on any atom is 0.248 e. The van der Waals surface area contributed by atoms with Crippen LogP contribution in [0.1, 0.15) is 27.8 Å². The molecule has 1 nitrogen and oxygen atoms in total. The predicted octanol–water partition coefficient (Wildman–Crippen LogP) is 4.70. The molecule has 0 aliphatic heterocycles. The van der Waals surface area contributed by atoms with E-state index in [4.69, 9.17) is 4.43 Å². The first-order valence-corrected chi connectivity index (χ1v) is 8.13. The van der Waals surface area contributed by atoms with E-state index in [0.717, 1.165) is 16.7 Å². The Morgan fingerprint density at radius 1 is 0.652 bits per heavy atom. The zero-order chi connectivity index (χ0) is 16.3. The van der Waals surface area contributed by atoms with Crippen LogP contribution in [-0.2, 0) is 10.0 Å². The molecule has 0 amide bonds. The molecule has 0 aliphatic carbocycles. The lowest BCUT2D eigenvalue weighted by atomic mass is 9.77. The summed E-state index contributed by atoms with van der Waals surface area (Å²) in [4.78, 5) is 0. The van der Waals surface area contributed by atoms with Gasteiger partial charge >= 0.3 is 0 Å². The van der Waals surface area contributed by atoms with Gasteiger partial charge in [0.15, 0.2) is 0 Å². The third-order valence-electron chi connectivity index (χ3n) is 4.38. The van der Waals surface area contributed by atoms with Crippen molar-refractivity contribution in [3.05, 3.63) is 107 Å². The molecule has 0 spiro atoms. The summed E-state index contributed by atoms with van der Waals surface area (Å²) in [6.07, 6.45) is 0. The van der Waals surface area contributed by atoms with E-state index < -0.39 is 5.60 Å². The van der Waals surface area contributed by atoms with Gasteiger partial charge in [-0.15, -0.1) is 0 Å². The van der Waals surface area contributed by atoms with Crippen molar-refractivity contribution >= 4 is 10.5 Å². The highest BCUT2D eigenvalue weighted by atomic mass is 28.2. The van der Waals surface area contributed by atoms with E-state index >= 15 is 0 Å². The lowest BCUT2D eigenvalue weighted by molar-refractivity contribution is 0.171. The normalized spacial score (nSPS) is 11.4. The molecular weight excluding hydrogens is 296 g/mol. The molecule has 0 aliphatic rings. The van der Waals surface area contributed by atoms with Gasteiger partial charge in [0.2, 0.25) is 10.5 Å². The van der Waals surface area contributed by atoms with Gasteiger partial charge in [-0.25, -0.2) is 0 Å². The number of aryl methyl sites for hydroxylation is 2. The van der Waals surface area contributed by atoms with E-state index in [-0.39, 0.29) is 0 Å². The Balaban J connectivity index is 2.39. The molecule has 0 aromatic heterocycles. The SMILES string of the molecule is Cc1ccccc1C(O[Si])(c1ccccc1)c1ccccc1C. The van der Waals surface area contributed by atoms with E-state index in [1.807, 2.05) is 18.2 Å². The van der Waals surface area contributed by atoms with Gasteiger partial charge in [0.1, 0.15) is 5.60 Å². The molecule has 2 heteroatoms. The minimum absolute atomic E-state index is 0.686. The number of rotatable bonds is 4. The van der Waals surface area contributed by atoms with Crippen LogP contribution < -0.4 is 0 Å². The van der Waals surface area contributed by atoms with Gasteiger partial charge in [-0.1, -0.05) is 78.9 Å². The van der Waals surface area contributed by atoms with Crippen molar-refractivity contribution in [2.45, 2.75) is 19.4 Å². The fourth-order valence-electron chi connectivity index (χ4n) is 3.23. The first-order valence-electron chi connectivity index (χ1n) is 7.72. The molecule has 0 saturated heterocycles. The monoisotopic (exact) mass is 315 g/mol. The maximum absolute atomic E-state index is 6.06. The molecule has 3 radical (unpaired) electrons. The highest BCUT2D eigenvalue weighted by molar-refractivity contribution is 5.99. The van der Waals surface area contributed by atoms with Gasteiger partial charge in [0, 0.05) is 0 Å². The summed E-state index contributed by atoms with van der Waals surface area (Å²) in [5.74, 6) is 0. The van der Waals surface area contributed by atoms with Crippen LogP contribution >= 0.6 is 0 Å². The predicted molar refractivity (Wildman–Crippen MR) is 95.5 cm³/mol. The fraction of sp³-hybridized carbons (Fsp3) is 0.143. The van der Waals surface area contributed by atoms with Gasteiger partial charge in [-0.2, -0.15) is 0 Å². The first-order chi connectivity index (χ1) is 11.2. The molecule has 3 aromatic carbocycles. The van der Waals surface area contributed by atoms with Crippen LogP contribution in [0.25, 0.3) is 0 Å². The van der Waals surface area contributed by atoms with Crippen LogP contribution in [0.15, 0.2) is 78.9 Å². The molecule has 113 valence electrons. The Bertz CT molecular complexity index is 750. The zero-order valence-corrected chi connectivity index (χ0v) is 14.4. The standard InChI is InChI=1S/C21H19OSi/c1-16-10-6-8-14-19(16)21(22-23,18-12-4-3-5-13-18)20-15-9-7-11-17(20)2/h3-15H,1-2H3. The average molecular weight is 315 g/mol. The van der Waals surface area contributed by atoms with Gasteiger partial charge in [0.05, 0.1) is 0 Å². The summed E-state index contributed by atoms with van der Waals surface area (Å²) in [6, 6.07) is 27.1. The number of hydrogen-bond donors (Lipinski definition) is 0. The van der Waals surface area contributed by atoms with Crippen LogP contribution in [0.5, 0.6) is 0 Å². The van der Waals surface area contributed by atoms with Gasteiger partial charge < -0.3 is 4.43 Å². The first kappa shape index (κ1) is 15.7. The summed E-state index contributed by atoms with van der Waals surface area (Å²) in [6.45, 7) is 4.24. The second-order valence-electron chi connectivity index (χ2n) is 5.78. The molecule has 3 rings (SSSR count). The number of benzene rings is 3. The molecular formula is C21H19OSi. The minimum atomic E-state index is -0.686. The Labute approximate surface area is 141 Å². The summed E-state index contributed by atoms with van der Waals surface area (Å²) in [5, 5.41) is 0. The van der Waals surface area contributed by atoms with Crippen LogP contribution in [0.2, 0.25) is 0 Å². The topological polar surface area (TPSA) is 9.23 Å². The van der Waals surface area contributed by atoms with Gasteiger partial charge in [-0.05, 0) is 41.7 Å². The lowest BCUT2D eigenvalue weighted by Crippen LogP contribution is -2.33. The van der Waals surface area contributed by atoms with Crippen molar-refractivity contribution < 1.29 is 4.43 Å². The van der Waals surface area contributed by atoms with Crippen LogP contribution in [0.3, 0.4) is 0 Å². The molecule has 0 N–H and O–H groups in total. The number of hydrogen-bond acceptors (Lipinski definition) is 1. The molecule has 0 saturated carbocycles. The van der Waals surface area contributed by atoms with Crippen molar-refractivity contribution in [3.63, 3.8) is 0 Å². The molecule has 0 heterocycles. The van der Waals surface area contributed by atoms with Crippen LogP contribution in [0, 0.1) is 13.8 Å². The highest BCUT2D eigenvalue weighted by Crippen LogP contribution is 2.42. The molecule has 0 fully saturated rings. The highest BCUT2D eigenvalue weighted by Gasteiger charge is 2.38. The molecule has 3 aromatic rings. The molecule has 0 unspecified atom stereocenters. The van der Waals surface area contributed by atoms with Crippen molar-refractivity contribution in [3.8, 4) is 0 Å². The van der Waals surface area contributed by atoms with Crippen LogP contribution in [-0.4, -0.2) is 10.5 Å². The summed E-state index contributed by atoms with van der Waals surface area (Å²) in [5.41, 5.74) is 5.06. The second kappa shape index (κ2) is 6.53. The van der Waals surface area contributed by atoms with Gasteiger partial charge in [-0.3, -0.25) is 0 Å². The average Bonchev–Trinajstić information content (AvgIpc) is 2.60. The molecule has 0 atom stereocenters. The van der Waals surface area contributed by atoms with E-state index in [0.29, 0.717) is 0 Å². The Kier molecular flexibility index (Phi) is 4.46. The van der Waals surface area contributed by atoms with Crippen molar-refractivity contribution in [2.75, 3.05) is 0 Å². The summed E-state index contributed by atoms with van der Waals surface area (Å²) in [7, 11) is 3.41. The van der Waals surface area contributed by atoms with Crippen molar-refractivity contribution in [1.82, 2.24) is 0 Å². The lowest BCUT2D eigenvalue weighted by Gasteiger charge is -2.37.